The van der Waals surface area contributed by atoms with E-state index >= 15 is 0 Å². The van der Waals surface area contributed by atoms with Crippen LogP contribution in [0.25, 0.3) is 0 Å². The van der Waals surface area contributed by atoms with Gasteiger partial charge in [0.05, 0.1) is 0 Å². The zero-order valence-corrected chi connectivity index (χ0v) is 13.4. The Hall–Kier alpha value is -1.06. The quantitative estimate of drug-likeness (QED) is 0.912. The number of rotatable bonds is 2. The minimum absolute atomic E-state index is 0. The van der Waals surface area contributed by atoms with Crippen LogP contribution in [0.15, 0.2) is 24.3 Å². The van der Waals surface area contributed by atoms with E-state index in [9.17, 15) is 4.79 Å². The molecule has 20 heavy (non-hydrogen) atoms. The van der Waals surface area contributed by atoms with Gasteiger partial charge in [-0.1, -0.05) is 32.9 Å². The number of amides is 1. The summed E-state index contributed by atoms with van der Waals surface area (Å²) in [6.45, 7) is 8.84. The van der Waals surface area contributed by atoms with Crippen LogP contribution in [0.5, 0.6) is 0 Å². The van der Waals surface area contributed by atoms with Crippen molar-refractivity contribution in [2.45, 2.75) is 32.6 Å². The van der Waals surface area contributed by atoms with Crippen LogP contribution < -0.4 is 5.73 Å². The molecule has 2 N–H and O–H groups in total. The first-order chi connectivity index (χ1) is 8.91. The van der Waals surface area contributed by atoms with Gasteiger partial charge >= 0.3 is 0 Å². The molecule has 0 bridgehead atoms. The lowest BCUT2D eigenvalue weighted by atomic mass is 9.86. The molecule has 1 unspecified atom stereocenters. The molecule has 0 spiro atoms. The van der Waals surface area contributed by atoms with Gasteiger partial charge < -0.3 is 10.6 Å². The Balaban J connectivity index is 0.00000200. The Morgan fingerprint density at radius 3 is 2.35 bits per heavy atom. The van der Waals surface area contributed by atoms with Crippen molar-refractivity contribution >= 4 is 18.3 Å². The number of halogens is 1. The minimum atomic E-state index is 0. The third-order valence-corrected chi connectivity index (χ3v) is 3.90. The second-order valence-corrected chi connectivity index (χ2v) is 6.47. The molecule has 4 heteroatoms. The van der Waals surface area contributed by atoms with Crippen LogP contribution in [-0.2, 0) is 5.41 Å². The lowest BCUT2D eigenvalue weighted by Crippen LogP contribution is -2.29. The maximum absolute atomic E-state index is 12.4. The second-order valence-electron chi connectivity index (χ2n) is 6.47. The van der Waals surface area contributed by atoms with Gasteiger partial charge in [-0.2, -0.15) is 0 Å². The van der Waals surface area contributed by atoms with Crippen LogP contribution in [0.3, 0.4) is 0 Å². The first kappa shape index (κ1) is 17.0. The van der Waals surface area contributed by atoms with E-state index in [1.807, 2.05) is 17.0 Å². The monoisotopic (exact) mass is 296 g/mol. The molecule has 1 heterocycles. The summed E-state index contributed by atoms with van der Waals surface area (Å²) in [6, 6.07) is 8.00. The highest BCUT2D eigenvalue weighted by molar-refractivity contribution is 5.94. The normalized spacial score (nSPS) is 18.8. The predicted octanol–water partition coefficient (Wildman–Crippen LogP) is 2.83. The molecule has 2 rings (SSSR count). The topological polar surface area (TPSA) is 46.3 Å². The highest BCUT2D eigenvalue weighted by atomic mass is 35.5. The lowest BCUT2D eigenvalue weighted by molar-refractivity contribution is 0.0787. The Morgan fingerprint density at radius 2 is 1.90 bits per heavy atom. The van der Waals surface area contributed by atoms with Crippen LogP contribution in [0.4, 0.5) is 0 Å². The highest BCUT2D eigenvalue weighted by Crippen LogP contribution is 2.23. The molecule has 112 valence electrons. The number of likely N-dealkylation sites (tertiary alicyclic amines) is 1. The summed E-state index contributed by atoms with van der Waals surface area (Å²) in [7, 11) is 0. The highest BCUT2D eigenvalue weighted by Gasteiger charge is 2.26. The fraction of sp³-hybridized carbons (Fsp3) is 0.562. The van der Waals surface area contributed by atoms with Gasteiger partial charge in [-0.05, 0) is 42.0 Å². The summed E-state index contributed by atoms with van der Waals surface area (Å²) in [6.07, 6.45) is 1.03. The second kappa shape index (κ2) is 6.59. The zero-order valence-electron chi connectivity index (χ0n) is 12.6. The molecule has 1 aliphatic rings. The van der Waals surface area contributed by atoms with E-state index < -0.39 is 0 Å². The van der Waals surface area contributed by atoms with Gasteiger partial charge in [-0.15, -0.1) is 12.4 Å². The molecule has 1 amide bonds. The van der Waals surface area contributed by atoms with Crippen molar-refractivity contribution in [3.8, 4) is 0 Å². The number of carbonyl (C=O) groups excluding carboxylic acids is 1. The zero-order chi connectivity index (χ0) is 14.0. The van der Waals surface area contributed by atoms with E-state index in [2.05, 4.69) is 32.9 Å². The molecule has 1 aromatic rings. The van der Waals surface area contributed by atoms with E-state index in [4.69, 9.17) is 5.73 Å². The largest absolute Gasteiger partial charge is 0.338 e. The van der Waals surface area contributed by atoms with E-state index in [1.54, 1.807) is 0 Å². The number of benzene rings is 1. The van der Waals surface area contributed by atoms with Crippen LogP contribution in [0.2, 0.25) is 0 Å². The van der Waals surface area contributed by atoms with E-state index in [0.717, 1.165) is 25.1 Å². The fourth-order valence-electron chi connectivity index (χ4n) is 2.50. The average molecular weight is 297 g/mol. The van der Waals surface area contributed by atoms with E-state index in [0.29, 0.717) is 12.5 Å². The van der Waals surface area contributed by atoms with Crippen molar-refractivity contribution in [2.75, 3.05) is 19.6 Å². The van der Waals surface area contributed by atoms with Crippen LogP contribution in [-0.4, -0.2) is 30.4 Å². The van der Waals surface area contributed by atoms with Crippen LogP contribution in [0, 0.1) is 5.92 Å². The molecule has 1 fully saturated rings. The van der Waals surface area contributed by atoms with Gasteiger partial charge in [-0.25, -0.2) is 0 Å². The van der Waals surface area contributed by atoms with Gasteiger partial charge in [0, 0.05) is 18.7 Å². The van der Waals surface area contributed by atoms with Crippen molar-refractivity contribution in [1.82, 2.24) is 4.90 Å². The van der Waals surface area contributed by atoms with Crippen molar-refractivity contribution in [2.24, 2.45) is 11.7 Å². The summed E-state index contributed by atoms with van der Waals surface area (Å²) >= 11 is 0. The summed E-state index contributed by atoms with van der Waals surface area (Å²) in [5.74, 6) is 0.606. The fourth-order valence-corrected chi connectivity index (χ4v) is 2.50. The number of hydrogen-bond donors (Lipinski definition) is 1. The van der Waals surface area contributed by atoms with Gasteiger partial charge in [0.2, 0.25) is 0 Å². The third-order valence-electron chi connectivity index (χ3n) is 3.90. The van der Waals surface area contributed by atoms with Crippen molar-refractivity contribution in [3.05, 3.63) is 35.4 Å². The summed E-state index contributed by atoms with van der Waals surface area (Å²) in [4.78, 5) is 14.3. The number of nitrogens with two attached hydrogens (primary N) is 1. The third kappa shape index (κ3) is 3.74. The average Bonchev–Trinajstić information content (AvgIpc) is 2.86. The minimum Gasteiger partial charge on any atom is -0.338 e. The Morgan fingerprint density at radius 1 is 1.30 bits per heavy atom. The summed E-state index contributed by atoms with van der Waals surface area (Å²) in [5.41, 5.74) is 7.83. The van der Waals surface area contributed by atoms with Gasteiger partial charge in [-0.3, -0.25) is 4.79 Å². The van der Waals surface area contributed by atoms with E-state index in [1.165, 1.54) is 5.56 Å². The molecular formula is C16H25ClN2O. The van der Waals surface area contributed by atoms with Gasteiger partial charge in [0.25, 0.3) is 5.91 Å². The molecule has 0 saturated carbocycles. The molecule has 0 aromatic heterocycles. The van der Waals surface area contributed by atoms with Crippen LogP contribution in [0.1, 0.15) is 43.1 Å². The number of hydrogen-bond acceptors (Lipinski definition) is 2. The first-order valence-corrected chi connectivity index (χ1v) is 7.01. The van der Waals surface area contributed by atoms with Crippen LogP contribution >= 0.6 is 12.4 Å². The summed E-state index contributed by atoms with van der Waals surface area (Å²) < 4.78 is 0. The molecule has 3 nitrogen and oxygen atoms in total. The summed E-state index contributed by atoms with van der Waals surface area (Å²) in [5, 5.41) is 0. The number of nitrogens with zero attached hydrogens (tertiary/aromatic N) is 1. The molecule has 1 aromatic carbocycles. The maximum atomic E-state index is 12.4. The Labute approximate surface area is 127 Å². The molecule has 1 aliphatic heterocycles. The predicted molar refractivity (Wildman–Crippen MR) is 85.5 cm³/mol. The van der Waals surface area contributed by atoms with Gasteiger partial charge in [0.1, 0.15) is 0 Å². The van der Waals surface area contributed by atoms with E-state index in [-0.39, 0.29) is 23.7 Å². The lowest BCUT2D eigenvalue weighted by Gasteiger charge is -2.20. The Bertz CT molecular complexity index is 451. The standard InChI is InChI=1S/C16H24N2O.ClH/c1-16(2,3)14-6-4-13(5-7-14)15(19)18-9-8-12(10-17)11-18;/h4-7,12H,8-11,17H2,1-3H3;1H. The smallest absolute Gasteiger partial charge is 0.253 e. The Kier molecular flexibility index (Phi) is 5.60. The number of carbonyl (C=O) groups is 1. The molecule has 0 radical (unpaired) electrons. The molecule has 1 saturated heterocycles. The molecule has 0 aliphatic carbocycles. The first-order valence-electron chi connectivity index (χ1n) is 7.01. The van der Waals surface area contributed by atoms with Crippen molar-refractivity contribution < 1.29 is 4.79 Å². The van der Waals surface area contributed by atoms with Crippen molar-refractivity contribution in [3.63, 3.8) is 0 Å². The maximum Gasteiger partial charge on any atom is 0.253 e. The van der Waals surface area contributed by atoms with Gasteiger partial charge in [0.15, 0.2) is 0 Å². The molecule has 1 atom stereocenters. The molecular weight excluding hydrogens is 272 g/mol. The van der Waals surface area contributed by atoms with Crippen molar-refractivity contribution in [1.29, 1.82) is 0 Å². The SMILES string of the molecule is CC(C)(C)c1ccc(C(=O)N2CCC(CN)C2)cc1.Cl.